The highest BCUT2D eigenvalue weighted by Crippen LogP contribution is 2.20. The summed E-state index contributed by atoms with van der Waals surface area (Å²) in [5.41, 5.74) is 0. The molecule has 0 radical (unpaired) electrons. The number of amides is 3. The maximum Gasteiger partial charge on any atom is 0.326 e. The zero-order chi connectivity index (χ0) is 22.4. The normalized spacial score (nSPS) is 24.0. The second-order valence-corrected chi connectivity index (χ2v) is 7.56. The first-order valence-electron chi connectivity index (χ1n) is 9.89. The Hall–Kier alpha value is -2.73. The van der Waals surface area contributed by atoms with Gasteiger partial charge < -0.3 is 36.2 Å². The van der Waals surface area contributed by atoms with Crippen LogP contribution < -0.4 is 16.0 Å². The van der Waals surface area contributed by atoms with E-state index < -0.39 is 66.4 Å². The Morgan fingerprint density at radius 1 is 1.07 bits per heavy atom. The number of nitrogens with zero attached hydrogens (tertiary/aromatic N) is 1. The number of carbonyl (C=O) groups is 5. The molecule has 2 aliphatic heterocycles. The lowest BCUT2D eigenvalue weighted by molar-refractivity contribution is -0.149. The molecule has 5 atom stereocenters. The summed E-state index contributed by atoms with van der Waals surface area (Å²) >= 11 is 0. The van der Waals surface area contributed by atoms with Gasteiger partial charge >= 0.3 is 11.9 Å². The van der Waals surface area contributed by atoms with Crippen LogP contribution >= 0.6 is 0 Å². The number of carboxylic acids is 2. The molecule has 0 aliphatic carbocycles. The van der Waals surface area contributed by atoms with Gasteiger partial charge in [0, 0.05) is 6.54 Å². The summed E-state index contributed by atoms with van der Waals surface area (Å²) in [7, 11) is 0. The number of likely N-dealkylation sites (tertiary alicyclic amines) is 1. The molecule has 0 bridgehead atoms. The topological polar surface area (TPSA) is 185 Å². The van der Waals surface area contributed by atoms with Gasteiger partial charge in [0.1, 0.15) is 18.1 Å². The molecule has 0 aromatic rings. The van der Waals surface area contributed by atoms with Crippen molar-refractivity contribution >= 4 is 29.7 Å². The molecule has 2 fully saturated rings. The third-order valence-corrected chi connectivity index (χ3v) is 5.25. The minimum absolute atomic E-state index is 0.189. The summed E-state index contributed by atoms with van der Waals surface area (Å²) in [5, 5.41) is 35.7. The van der Waals surface area contributed by atoms with Gasteiger partial charge in [0.25, 0.3) is 0 Å². The third kappa shape index (κ3) is 5.89. The van der Waals surface area contributed by atoms with Gasteiger partial charge in [0.05, 0.1) is 18.6 Å². The quantitative estimate of drug-likeness (QED) is 0.234. The van der Waals surface area contributed by atoms with Crippen LogP contribution in [0.2, 0.25) is 0 Å². The molecule has 30 heavy (non-hydrogen) atoms. The van der Waals surface area contributed by atoms with Crippen LogP contribution in [0.5, 0.6) is 0 Å². The van der Waals surface area contributed by atoms with Crippen molar-refractivity contribution in [3.8, 4) is 0 Å². The van der Waals surface area contributed by atoms with E-state index in [1.54, 1.807) is 0 Å². The first kappa shape index (κ1) is 23.5. The molecule has 168 valence electrons. The van der Waals surface area contributed by atoms with E-state index in [1.807, 2.05) is 0 Å². The molecule has 2 saturated heterocycles. The van der Waals surface area contributed by atoms with Crippen LogP contribution in [0.4, 0.5) is 0 Å². The van der Waals surface area contributed by atoms with Crippen molar-refractivity contribution < 1.29 is 39.3 Å². The van der Waals surface area contributed by atoms with E-state index >= 15 is 0 Å². The molecule has 6 N–H and O–H groups in total. The Balaban J connectivity index is 2.07. The fraction of sp³-hybridized carbons (Fsp3) is 0.722. The van der Waals surface area contributed by atoms with Crippen molar-refractivity contribution in [2.75, 3.05) is 13.1 Å². The minimum atomic E-state index is -1.63. The minimum Gasteiger partial charge on any atom is -0.481 e. The number of carbonyl (C=O) groups excluding carboxylic acids is 3. The first-order valence-corrected chi connectivity index (χ1v) is 9.89. The Kier molecular flexibility index (Phi) is 8.12. The molecule has 0 aromatic carbocycles. The van der Waals surface area contributed by atoms with Crippen LogP contribution in [-0.2, 0) is 24.0 Å². The Bertz CT molecular complexity index is 692. The van der Waals surface area contributed by atoms with Gasteiger partial charge in [-0.3, -0.25) is 19.2 Å². The van der Waals surface area contributed by atoms with Crippen LogP contribution in [0.1, 0.15) is 39.0 Å². The maximum atomic E-state index is 13.0. The van der Waals surface area contributed by atoms with Crippen LogP contribution in [-0.4, -0.2) is 93.2 Å². The zero-order valence-electron chi connectivity index (χ0n) is 16.7. The standard InChI is InChI=1S/C18H28N4O8/c1-9(23)14(21-15(26)10-4-2-6-19-10)17(28)22-7-3-5-12(22)16(27)20-11(18(29)30)8-13(24)25/h9-12,14,19,23H,2-8H2,1H3,(H,20,27)(H,21,26)(H,24,25)(H,29,30). The van der Waals surface area contributed by atoms with Crippen LogP contribution in [0.3, 0.4) is 0 Å². The van der Waals surface area contributed by atoms with Crippen LogP contribution in [0.15, 0.2) is 0 Å². The second-order valence-electron chi connectivity index (χ2n) is 7.56. The van der Waals surface area contributed by atoms with E-state index in [2.05, 4.69) is 16.0 Å². The van der Waals surface area contributed by atoms with Crippen molar-refractivity contribution in [1.82, 2.24) is 20.9 Å². The highest BCUT2D eigenvalue weighted by Gasteiger charge is 2.41. The maximum absolute atomic E-state index is 13.0. The third-order valence-electron chi connectivity index (χ3n) is 5.25. The number of rotatable bonds is 9. The molecule has 12 nitrogen and oxygen atoms in total. The number of aliphatic hydroxyl groups is 1. The molecule has 0 saturated carbocycles. The molecule has 5 unspecified atom stereocenters. The van der Waals surface area contributed by atoms with Gasteiger partial charge in [-0.1, -0.05) is 0 Å². The average Bonchev–Trinajstić information content (AvgIpc) is 3.35. The number of aliphatic carboxylic acids is 2. The van der Waals surface area contributed by atoms with Crippen molar-refractivity contribution in [2.45, 2.75) is 69.3 Å². The van der Waals surface area contributed by atoms with E-state index in [4.69, 9.17) is 10.2 Å². The van der Waals surface area contributed by atoms with Crippen molar-refractivity contribution in [2.24, 2.45) is 0 Å². The summed E-state index contributed by atoms with van der Waals surface area (Å²) in [5.74, 6) is -4.75. The summed E-state index contributed by atoms with van der Waals surface area (Å²) in [6, 6.07) is -4.36. The van der Waals surface area contributed by atoms with Crippen molar-refractivity contribution in [3.63, 3.8) is 0 Å². The van der Waals surface area contributed by atoms with Gasteiger partial charge in [-0.2, -0.15) is 0 Å². The highest BCUT2D eigenvalue weighted by molar-refractivity contribution is 5.95. The summed E-state index contributed by atoms with van der Waals surface area (Å²) < 4.78 is 0. The molecule has 12 heteroatoms. The van der Waals surface area contributed by atoms with E-state index in [-0.39, 0.29) is 13.0 Å². The van der Waals surface area contributed by atoms with Crippen LogP contribution in [0.25, 0.3) is 0 Å². The van der Waals surface area contributed by atoms with Crippen molar-refractivity contribution in [1.29, 1.82) is 0 Å². The molecular formula is C18H28N4O8. The van der Waals surface area contributed by atoms with Gasteiger partial charge in [-0.05, 0) is 39.2 Å². The Morgan fingerprint density at radius 3 is 2.30 bits per heavy atom. The van der Waals surface area contributed by atoms with Crippen LogP contribution in [0, 0.1) is 0 Å². The number of aliphatic hydroxyl groups excluding tert-OH is 1. The van der Waals surface area contributed by atoms with Gasteiger partial charge in [-0.15, -0.1) is 0 Å². The predicted octanol–water partition coefficient (Wildman–Crippen LogP) is -2.36. The van der Waals surface area contributed by atoms with E-state index in [9.17, 15) is 29.1 Å². The summed E-state index contributed by atoms with van der Waals surface area (Å²) in [4.78, 5) is 61.1. The highest BCUT2D eigenvalue weighted by atomic mass is 16.4. The first-order chi connectivity index (χ1) is 14.1. The summed E-state index contributed by atoms with van der Waals surface area (Å²) in [6.45, 7) is 2.22. The molecule has 3 amide bonds. The van der Waals surface area contributed by atoms with E-state index in [0.29, 0.717) is 19.4 Å². The Labute approximate surface area is 173 Å². The lowest BCUT2D eigenvalue weighted by Gasteiger charge is -2.31. The fourth-order valence-corrected chi connectivity index (χ4v) is 3.68. The van der Waals surface area contributed by atoms with Gasteiger partial charge in [0.2, 0.25) is 17.7 Å². The van der Waals surface area contributed by atoms with Crippen molar-refractivity contribution in [3.05, 3.63) is 0 Å². The molecule has 0 spiro atoms. The fourth-order valence-electron chi connectivity index (χ4n) is 3.68. The SMILES string of the molecule is CC(O)C(NC(=O)C1CCCN1)C(=O)N1CCCC1C(=O)NC(CC(=O)O)C(=O)O. The second kappa shape index (κ2) is 10.3. The molecule has 2 heterocycles. The molecule has 2 aliphatic rings. The average molecular weight is 428 g/mol. The monoisotopic (exact) mass is 428 g/mol. The largest absolute Gasteiger partial charge is 0.481 e. The summed E-state index contributed by atoms with van der Waals surface area (Å²) in [6.07, 6.45) is 0.128. The molecule has 0 aromatic heterocycles. The lowest BCUT2D eigenvalue weighted by Crippen LogP contribution is -2.59. The number of carboxylic acid groups (broad SMARTS) is 2. The Morgan fingerprint density at radius 2 is 1.77 bits per heavy atom. The number of nitrogens with one attached hydrogen (secondary N) is 3. The van der Waals surface area contributed by atoms with E-state index in [1.165, 1.54) is 11.8 Å². The smallest absolute Gasteiger partial charge is 0.326 e. The zero-order valence-corrected chi connectivity index (χ0v) is 16.7. The molecular weight excluding hydrogens is 400 g/mol. The lowest BCUT2D eigenvalue weighted by atomic mass is 10.1. The number of hydrogen-bond donors (Lipinski definition) is 6. The van der Waals surface area contributed by atoms with E-state index in [0.717, 1.165) is 6.42 Å². The number of hydrogen-bond acceptors (Lipinski definition) is 7. The van der Waals surface area contributed by atoms with Gasteiger partial charge in [-0.25, -0.2) is 4.79 Å². The molecule has 2 rings (SSSR count). The van der Waals surface area contributed by atoms with Gasteiger partial charge in [0.15, 0.2) is 0 Å². The predicted molar refractivity (Wildman–Crippen MR) is 101 cm³/mol.